The van der Waals surface area contributed by atoms with Gasteiger partial charge in [0.05, 0.1) is 6.04 Å². The molecule has 5 nitrogen and oxygen atoms in total. The molecular weight excluding hydrogens is 218 g/mol. The Morgan fingerprint density at radius 2 is 2.06 bits per heavy atom. The molecule has 1 rings (SSSR count). The molecule has 1 amide bonds. The molecule has 0 spiro atoms. The second-order valence-electron chi connectivity index (χ2n) is 4.38. The first-order valence-electron chi connectivity index (χ1n) is 5.86. The fourth-order valence-electron chi connectivity index (χ4n) is 1.32. The van der Waals surface area contributed by atoms with Crippen LogP contribution in [0.25, 0.3) is 0 Å². The van der Waals surface area contributed by atoms with Crippen LogP contribution in [0, 0.1) is 0 Å². The summed E-state index contributed by atoms with van der Waals surface area (Å²) in [6, 6.07) is 2.87. The largest absolute Gasteiger partial charge is 0.348 e. The summed E-state index contributed by atoms with van der Waals surface area (Å²) in [5.74, 6) is -0.242. The van der Waals surface area contributed by atoms with Crippen molar-refractivity contribution in [2.75, 3.05) is 0 Å². The van der Waals surface area contributed by atoms with Crippen LogP contribution in [-0.4, -0.2) is 21.7 Å². The van der Waals surface area contributed by atoms with Gasteiger partial charge in [0.1, 0.15) is 5.69 Å². The van der Waals surface area contributed by atoms with Crippen LogP contribution in [0.2, 0.25) is 0 Å². The predicted octanol–water partition coefficient (Wildman–Crippen LogP) is 1.35. The first-order chi connectivity index (χ1) is 7.95. The predicted molar refractivity (Wildman–Crippen MR) is 66.1 cm³/mol. The van der Waals surface area contributed by atoms with Crippen molar-refractivity contribution in [3.05, 3.63) is 28.2 Å². The maximum Gasteiger partial charge on any atom is 0.271 e. The van der Waals surface area contributed by atoms with Gasteiger partial charge < -0.3 is 5.32 Å². The third-order valence-corrected chi connectivity index (χ3v) is 2.54. The van der Waals surface area contributed by atoms with Gasteiger partial charge >= 0.3 is 0 Å². The molecule has 0 saturated heterocycles. The van der Waals surface area contributed by atoms with Crippen LogP contribution in [0.5, 0.6) is 0 Å². The summed E-state index contributed by atoms with van der Waals surface area (Å²) in [7, 11) is 0. The highest BCUT2D eigenvalue weighted by Crippen LogP contribution is 1.99. The SMILES string of the molecule is CCC(C)NC(=O)c1ccc(=O)n(C(C)C)n1. The standard InChI is InChI=1S/C12H19N3O2/c1-5-9(4)13-12(17)10-6-7-11(16)15(14-10)8(2)3/h6-9H,5H2,1-4H3,(H,13,17). The number of hydrogen-bond donors (Lipinski definition) is 1. The number of carbonyl (C=O) groups excluding carboxylic acids is 1. The average molecular weight is 237 g/mol. The van der Waals surface area contributed by atoms with E-state index in [1.807, 2.05) is 27.7 Å². The molecule has 0 aliphatic heterocycles. The third kappa shape index (κ3) is 3.41. The minimum absolute atomic E-state index is 0.0566. The lowest BCUT2D eigenvalue weighted by molar-refractivity contribution is 0.0931. The molecule has 17 heavy (non-hydrogen) atoms. The van der Waals surface area contributed by atoms with E-state index >= 15 is 0 Å². The van der Waals surface area contributed by atoms with Crippen molar-refractivity contribution in [3.8, 4) is 0 Å². The Morgan fingerprint density at radius 3 is 2.59 bits per heavy atom. The third-order valence-electron chi connectivity index (χ3n) is 2.54. The maximum absolute atomic E-state index is 11.8. The molecule has 1 aromatic rings. The van der Waals surface area contributed by atoms with Crippen LogP contribution in [0.4, 0.5) is 0 Å². The maximum atomic E-state index is 11.8. The van der Waals surface area contributed by atoms with Gasteiger partial charge in [0.2, 0.25) is 0 Å². The number of carbonyl (C=O) groups is 1. The van der Waals surface area contributed by atoms with E-state index in [0.29, 0.717) is 0 Å². The molecule has 0 saturated carbocycles. The lowest BCUT2D eigenvalue weighted by Crippen LogP contribution is -2.34. The van der Waals surface area contributed by atoms with Crippen molar-refractivity contribution in [1.29, 1.82) is 0 Å². The average Bonchev–Trinajstić information content (AvgIpc) is 2.28. The molecule has 5 heteroatoms. The number of hydrogen-bond acceptors (Lipinski definition) is 3. The molecule has 1 atom stereocenters. The Balaban J connectivity index is 2.96. The van der Waals surface area contributed by atoms with Crippen LogP contribution < -0.4 is 10.9 Å². The van der Waals surface area contributed by atoms with Gasteiger partial charge in [-0.25, -0.2) is 4.68 Å². The molecule has 0 radical (unpaired) electrons. The summed E-state index contributed by atoms with van der Waals surface area (Å²) in [6.07, 6.45) is 0.857. The van der Waals surface area contributed by atoms with Crippen LogP contribution in [-0.2, 0) is 0 Å². The van der Waals surface area contributed by atoms with E-state index < -0.39 is 0 Å². The van der Waals surface area contributed by atoms with Gasteiger partial charge in [0.15, 0.2) is 0 Å². The van der Waals surface area contributed by atoms with E-state index in [9.17, 15) is 9.59 Å². The van der Waals surface area contributed by atoms with E-state index in [2.05, 4.69) is 10.4 Å². The van der Waals surface area contributed by atoms with Gasteiger partial charge in [-0.3, -0.25) is 9.59 Å². The summed E-state index contributed by atoms with van der Waals surface area (Å²) >= 11 is 0. The Labute approximate surface area is 101 Å². The fourth-order valence-corrected chi connectivity index (χ4v) is 1.32. The summed E-state index contributed by atoms with van der Waals surface area (Å²) in [4.78, 5) is 23.3. The number of nitrogens with one attached hydrogen (secondary N) is 1. The van der Waals surface area contributed by atoms with Gasteiger partial charge in [0, 0.05) is 12.1 Å². The van der Waals surface area contributed by atoms with Crippen molar-refractivity contribution in [2.24, 2.45) is 0 Å². The van der Waals surface area contributed by atoms with E-state index in [4.69, 9.17) is 0 Å². The van der Waals surface area contributed by atoms with Gasteiger partial charge in [-0.2, -0.15) is 5.10 Å². The second kappa shape index (κ2) is 5.61. The first kappa shape index (κ1) is 13.4. The molecule has 0 fully saturated rings. The molecule has 94 valence electrons. The molecule has 0 aliphatic rings. The zero-order valence-electron chi connectivity index (χ0n) is 10.7. The Morgan fingerprint density at radius 1 is 1.41 bits per heavy atom. The summed E-state index contributed by atoms with van der Waals surface area (Å²) in [6.45, 7) is 7.62. The van der Waals surface area contributed by atoms with Gasteiger partial charge in [-0.05, 0) is 33.3 Å². The lowest BCUT2D eigenvalue weighted by atomic mass is 10.2. The zero-order valence-corrected chi connectivity index (χ0v) is 10.7. The number of rotatable bonds is 4. The van der Waals surface area contributed by atoms with E-state index in [0.717, 1.165) is 6.42 Å². The first-order valence-corrected chi connectivity index (χ1v) is 5.86. The highest BCUT2D eigenvalue weighted by Gasteiger charge is 2.12. The molecular formula is C12H19N3O2. The van der Waals surface area contributed by atoms with Gasteiger partial charge in [-0.1, -0.05) is 6.92 Å². The number of nitrogens with zero attached hydrogens (tertiary/aromatic N) is 2. The second-order valence-corrected chi connectivity index (χ2v) is 4.38. The summed E-state index contributed by atoms with van der Waals surface area (Å²) in [5, 5.41) is 6.87. The Hall–Kier alpha value is -1.65. The normalized spacial score (nSPS) is 12.5. The quantitative estimate of drug-likeness (QED) is 0.859. The van der Waals surface area contributed by atoms with Gasteiger partial charge in [0.25, 0.3) is 11.5 Å². The van der Waals surface area contributed by atoms with E-state index in [-0.39, 0.29) is 29.2 Å². The Bertz CT molecular complexity index is 451. The van der Waals surface area contributed by atoms with E-state index in [1.54, 1.807) is 0 Å². The summed E-state index contributed by atoms with van der Waals surface area (Å²) < 4.78 is 1.31. The van der Waals surface area contributed by atoms with Crippen molar-refractivity contribution in [1.82, 2.24) is 15.1 Å². The van der Waals surface area contributed by atoms with Crippen molar-refractivity contribution in [2.45, 2.75) is 46.2 Å². The topological polar surface area (TPSA) is 64.0 Å². The zero-order chi connectivity index (χ0) is 13.0. The van der Waals surface area contributed by atoms with Gasteiger partial charge in [-0.15, -0.1) is 0 Å². The lowest BCUT2D eigenvalue weighted by Gasteiger charge is -2.12. The molecule has 0 bridgehead atoms. The monoisotopic (exact) mass is 237 g/mol. The van der Waals surface area contributed by atoms with Crippen molar-refractivity contribution in [3.63, 3.8) is 0 Å². The highest BCUT2D eigenvalue weighted by atomic mass is 16.2. The molecule has 1 unspecified atom stereocenters. The number of amides is 1. The van der Waals surface area contributed by atoms with Crippen molar-refractivity contribution >= 4 is 5.91 Å². The van der Waals surface area contributed by atoms with Crippen LogP contribution in [0.15, 0.2) is 16.9 Å². The minimum Gasteiger partial charge on any atom is -0.348 e. The molecule has 1 N–H and O–H groups in total. The van der Waals surface area contributed by atoms with Crippen LogP contribution in [0.3, 0.4) is 0 Å². The van der Waals surface area contributed by atoms with Crippen molar-refractivity contribution < 1.29 is 4.79 Å². The highest BCUT2D eigenvalue weighted by molar-refractivity contribution is 5.92. The summed E-state index contributed by atoms with van der Waals surface area (Å²) in [5.41, 5.74) is 0.0821. The van der Waals surface area contributed by atoms with E-state index in [1.165, 1.54) is 16.8 Å². The molecule has 1 heterocycles. The Kier molecular flexibility index (Phi) is 4.43. The fraction of sp³-hybridized carbons (Fsp3) is 0.583. The number of aromatic nitrogens is 2. The molecule has 1 aromatic heterocycles. The molecule has 0 aromatic carbocycles. The smallest absolute Gasteiger partial charge is 0.271 e. The minimum atomic E-state index is -0.242. The van der Waals surface area contributed by atoms with Crippen LogP contribution >= 0.6 is 0 Å². The molecule has 0 aliphatic carbocycles. The van der Waals surface area contributed by atoms with Crippen LogP contribution in [0.1, 0.15) is 50.6 Å².